The highest BCUT2D eigenvalue weighted by atomic mass is 35.5. The van der Waals surface area contributed by atoms with Crippen LogP contribution in [0.25, 0.3) is 21.9 Å². The number of hydrogen-bond donors (Lipinski definition) is 1. The molecule has 6 nitrogen and oxygen atoms in total. The molecule has 2 aromatic heterocycles. The van der Waals surface area contributed by atoms with Crippen molar-refractivity contribution in [1.29, 1.82) is 5.26 Å². The zero-order valence-electron chi connectivity index (χ0n) is 15.6. The molecule has 0 fully saturated rings. The lowest BCUT2D eigenvalue weighted by Crippen LogP contribution is -2.22. The van der Waals surface area contributed by atoms with Gasteiger partial charge in [0, 0.05) is 54.6 Å². The van der Waals surface area contributed by atoms with Crippen LogP contribution in [0.1, 0.15) is 16.9 Å². The summed E-state index contributed by atoms with van der Waals surface area (Å²) in [5.41, 5.74) is 2.49. The van der Waals surface area contributed by atoms with E-state index in [0.29, 0.717) is 22.9 Å². The van der Waals surface area contributed by atoms with Crippen LogP contribution in [-0.2, 0) is 29.9 Å². The molecule has 0 saturated heterocycles. The van der Waals surface area contributed by atoms with E-state index in [-0.39, 0.29) is 27.8 Å². The van der Waals surface area contributed by atoms with Crippen molar-refractivity contribution in [3.05, 3.63) is 59.5 Å². The first-order valence-corrected chi connectivity index (χ1v) is 10.5. The maximum absolute atomic E-state index is 13.5. The molecule has 0 amide bonds. The standard InChI is InChI=1S/C21H17N3O3S.ClH/c1-24-12-20(15-4-2-3-5-18(15)24)28(25,26)14-8-13(10-22)21-16(9-14)17-11-23-7-6-19(17)27-21;/h2-5,8-9,12,23H,6-7,11H2,1H3;1H. The summed E-state index contributed by atoms with van der Waals surface area (Å²) in [6, 6.07) is 12.5. The number of nitriles is 1. The number of sulfone groups is 1. The lowest BCUT2D eigenvalue weighted by Gasteiger charge is -2.11. The first-order chi connectivity index (χ1) is 13.5. The quantitative estimate of drug-likeness (QED) is 0.527. The molecule has 8 heteroatoms. The molecule has 0 spiro atoms. The fraction of sp³-hybridized carbons (Fsp3) is 0.190. The number of aryl methyl sites for hydroxylation is 1. The van der Waals surface area contributed by atoms with E-state index in [4.69, 9.17) is 4.42 Å². The molecular formula is C21H18ClN3O3S. The van der Waals surface area contributed by atoms with Crippen LogP contribution in [0.3, 0.4) is 0 Å². The van der Waals surface area contributed by atoms with Crippen LogP contribution in [0.15, 0.2) is 56.8 Å². The van der Waals surface area contributed by atoms with Crippen LogP contribution >= 0.6 is 12.4 Å². The van der Waals surface area contributed by atoms with Crippen molar-refractivity contribution < 1.29 is 12.8 Å². The highest BCUT2D eigenvalue weighted by Gasteiger charge is 2.27. The molecule has 0 atom stereocenters. The first kappa shape index (κ1) is 19.5. The molecule has 2 aromatic carbocycles. The van der Waals surface area contributed by atoms with Gasteiger partial charge in [-0.3, -0.25) is 0 Å². The number of fused-ring (bicyclic) bond motifs is 4. The SMILES string of the molecule is Cl.Cn1cc(S(=O)(=O)c2cc(C#N)c3oc4c(c3c2)CNCC4)c2ccccc21. The van der Waals surface area contributed by atoms with E-state index in [9.17, 15) is 13.7 Å². The minimum Gasteiger partial charge on any atom is -0.459 e. The van der Waals surface area contributed by atoms with E-state index in [2.05, 4.69) is 11.4 Å². The van der Waals surface area contributed by atoms with Crippen molar-refractivity contribution in [3.8, 4) is 6.07 Å². The Balaban J connectivity index is 0.00000205. The van der Waals surface area contributed by atoms with Crippen LogP contribution in [0.5, 0.6) is 0 Å². The molecule has 4 aromatic rings. The highest BCUT2D eigenvalue weighted by molar-refractivity contribution is 7.91. The second-order valence-electron chi connectivity index (χ2n) is 7.01. The molecule has 1 aliphatic heterocycles. The van der Waals surface area contributed by atoms with Crippen LogP contribution in [-0.4, -0.2) is 19.5 Å². The van der Waals surface area contributed by atoms with Crippen LogP contribution in [0, 0.1) is 11.3 Å². The Labute approximate surface area is 174 Å². The summed E-state index contributed by atoms with van der Waals surface area (Å²) in [6.07, 6.45) is 2.35. The average Bonchev–Trinajstić information content (AvgIpc) is 3.26. The van der Waals surface area contributed by atoms with Crippen molar-refractivity contribution in [3.63, 3.8) is 0 Å². The Bertz CT molecular complexity index is 1410. The summed E-state index contributed by atoms with van der Waals surface area (Å²) in [5, 5.41) is 14.2. The zero-order valence-corrected chi connectivity index (χ0v) is 17.2. The number of benzene rings is 2. The van der Waals surface area contributed by atoms with Crippen molar-refractivity contribution in [2.24, 2.45) is 7.05 Å². The minimum absolute atomic E-state index is 0. The topological polar surface area (TPSA) is 88.0 Å². The summed E-state index contributed by atoms with van der Waals surface area (Å²) in [5.74, 6) is 0.824. The van der Waals surface area contributed by atoms with Crippen LogP contribution < -0.4 is 5.32 Å². The third kappa shape index (κ3) is 2.84. The first-order valence-electron chi connectivity index (χ1n) is 8.99. The van der Waals surface area contributed by atoms with Gasteiger partial charge in [0.25, 0.3) is 0 Å². The largest absolute Gasteiger partial charge is 0.459 e. The average molecular weight is 428 g/mol. The van der Waals surface area contributed by atoms with Crippen molar-refractivity contribution in [2.45, 2.75) is 22.8 Å². The minimum atomic E-state index is -3.81. The van der Waals surface area contributed by atoms with E-state index in [1.54, 1.807) is 22.9 Å². The number of hydrogen-bond acceptors (Lipinski definition) is 5. The fourth-order valence-electron chi connectivity index (χ4n) is 3.97. The smallest absolute Gasteiger partial charge is 0.208 e. The number of nitrogens with zero attached hydrogens (tertiary/aromatic N) is 2. The molecule has 1 N–H and O–H groups in total. The summed E-state index contributed by atoms with van der Waals surface area (Å²) in [6.45, 7) is 1.40. The number of rotatable bonds is 2. The number of aromatic nitrogens is 1. The number of halogens is 1. The maximum Gasteiger partial charge on any atom is 0.208 e. The van der Waals surface area contributed by atoms with Crippen molar-refractivity contribution in [1.82, 2.24) is 9.88 Å². The van der Waals surface area contributed by atoms with Crippen molar-refractivity contribution >= 4 is 44.1 Å². The molecular weight excluding hydrogens is 410 g/mol. The predicted molar refractivity (Wildman–Crippen MR) is 112 cm³/mol. The van der Waals surface area contributed by atoms with Gasteiger partial charge in [-0.05, 0) is 18.2 Å². The van der Waals surface area contributed by atoms with Gasteiger partial charge in [-0.1, -0.05) is 18.2 Å². The van der Waals surface area contributed by atoms with E-state index in [0.717, 1.165) is 29.8 Å². The van der Waals surface area contributed by atoms with Gasteiger partial charge in [-0.25, -0.2) is 8.42 Å². The highest BCUT2D eigenvalue weighted by Crippen LogP contribution is 2.36. The Hall–Kier alpha value is -2.79. The second-order valence-corrected chi connectivity index (χ2v) is 8.93. The molecule has 148 valence electrons. The van der Waals surface area contributed by atoms with Gasteiger partial charge < -0.3 is 14.3 Å². The number of nitrogens with one attached hydrogen (secondary N) is 1. The molecule has 0 radical (unpaired) electrons. The zero-order chi connectivity index (χ0) is 19.5. The van der Waals surface area contributed by atoms with E-state index < -0.39 is 9.84 Å². The van der Waals surface area contributed by atoms with Gasteiger partial charge in [0.2, 0.25) is 9.84 Å². The second kappa shape index (κ2) is 6.92. The van der Waals surface area contributed by atoms with Gasteiger partial charge in [-0.2, -0.15) is 5.26 Å². The van der Waals surface area contributed by atoms with Crippen molar-refractivity contribution in [2.75, 3.05) is 6.54 Å². The third-order valence-corrected chi connectivity index (χ3v) is 7.12. The van der Waals surface area contributed by atoms with Gasteiger partial charge >= 0.3 is 0 Å². The lowest BCUT2D eigenvalue weighted by atomic mass is 10.0. The fourth-order valence-corrected chi connectivity index (χ4v) is 5.53. The molecule has 3 heterocycles. The molecule has 0 aliphatic carbocycles. The molecule has 0 unspecified atom stereocenters. The Morgan fingerprint density at radius 2 is 2.00 bits per heavy atom. The lowest BCUT2D eigenvalue weighted by molar-refractivity contribution is 0.500. The summed E-state index contributed by atoms with van der Waals surface area (Å²) >= 11 is 0. The Kier molecular flexibility index (Phi) is 4.66. The summed E-state index contributed by atoms with van der Waals surface area (Å²) in [7, 11) is -1.98. The molecule has 1 aliphatic rings. The van der Waals surface area contributed by atoms with Gasteiger partial charge in [0.1, 0.15) is 11.8 Å². The van der Waals surface area contributed by atoms with E-state index in [1.165, 1.54) is 6.07 Å². The van der Waals surface area contributed by atoms with E-state index in [1.807, 2.05) is 25.2 Å². The molecule has 29 heavy (non-hydrogen) atoms. The number of furan rings is 1. The van der Waals surface area contributed by atoms with Gasteiger partial charge in [-0.15, -0.1) is 12.4 Å². The monoisotopic (exact) mass is 427 g/mol. The summed E-state index contributed by atoms with van der Waals surface area (Å²) in [4.78, 5) is 0.353. The molecule has 5 rings (SSSR count). The Morgan fingerprint density at radius 3 is 2.79 bits per heavy atom. The Morgan fingerprint density at radius 1 is 1.21 bits per heavy atom. The maximum atomic E-state index is 13.5. The van der Waals surface area contributed by atoms with Crippen LogP contribution in [0.4, 0.5) is 0 Å². The summed E-state index contributed by atoms with van der Waals surface area (Å²) < 4.78 is 34.7. The van der Waals surface area contributed by atoms with Gasteiger partial charge in [0.05, 0.1) is 15.4 Å². The predicted octanol–water partition coefficient (Wildman–Crippen LogP) is 3.70. The van der Waals surface area contributed by atoms with Crippen LogP contribution in [0.2, 0.25) is 0 Å². The number of para-hydroxylation sites is 1. The normalized spacial score (nSPS) is 13.8. The molecule has 0 bridgehead atoms. The molecule has 0 saturated carbocycles. The van der Waals surface area contributed by atoms with E-state index >= 15 is 0 Å². The van der Waals surface area contributed by atoms with Gasteiger partial charge in [0.15, 0.2) is 5.58 Å². The third-order valence-electron chi connectivity index (χ3n) is 5.36.